The summed E-state index contributed by atoms with van der Waals surface area (Å²) in [5.74, 6) is 1.45. The third-order valence-electron chi connectivity index (χ3n) is 2.28. The second kappa shape index (κ2) is 1.72. The van der Waals surface area contributed by atoms with Crippen molar-refractivity contribution >= 4 is 5.91 Å². The summed E-state index contributed by atoms with van der Waals surface area (Å²) in [4.78, 5) is 10.9. The van der Waals surface area contributed by atoms with Crippen LogP contribution < -0.4 is 5.32 Å². The van der Waals surface area contributed by atoms with E-state index in [4.69, 9.17) is 0 Å². The number of amides is 1. The standard InChI is InChI=1S/C7H11NO/c9-7-6(3-4-8-7)5-1-2-5/h5-6H,1-4H2,(H,8,9). The molecule has 0 spiro atoms. The van der Waals surface area contributed by atoms with Gasteiger partial charge >= 0.3 is 0 Å². The van der Waals surface area contributed by atoms with Crippen LogP contribution in [-0.4, -0.2) is 12.5 Å². The van der Waals surface area contributed by atoms with Crippen LogP contribution >= 0.6 is 0 Å². The van der Waals surface area contributed by atoms with Crippen molar-refractivity contribution in [2.45, 2.75) is 19.3 Å². The van der Waals surface area contributed by atoms with E-state index in [0.29, 0.717) is 11.8 Å². The molecule has 2 rings (SSSR count). The zero-order chi connectivity index (χ0) is 6.27. The Morgan fingerprint density at radius 1 is 1.33 bits per heavy atom. The molecule has 0 radical (unpaired) electrons. The van der Waals surface area contributed by atoms with Crippen LogP contribution in [0.15, 0.2) is 0 Å². The average Bonchev–Trinajstić information content (AvgIpc) is 2.58. The van der Waals surface area contributed by atoms with Crippen LogP contribution in [0.4, 0.5) is 0 Å². The molecule has 1 N–H and O–H groups in total. The van der Waals surface area contributed by atoms with Gasteiger partial charge in [0.2, 0.25) is 5.91 Å². The summed E-state index contributed by atoms with van der Waals surface area (Å²) in [7, 11) is 0. The summed E-state index contributed by atoms with van der Waals surface area (Å²) in [6.45, 7) is 0.917. The van der Waals surface area contributed by atoms with Crippen LogP contribution in [0.3, 0.4) is 0 Å². The van der Waals surface area contributed by atoms with Gasteiger partial charge in [0.05, 0.1) is 0 Å². The first-order valence-corrected chi connectivity index (χ1v) is 3.65. The Morgan fingerprint density at radius 3 is 2.56 bits per heavy atom. The highest BCUT2D eigenvalue weighted by Gasteiger charge is 2.38. The van der Waals surface area contributed by atoms with Crippen LogP contribution in [0.1, 0.15) is 19.3 Å². The third-order valence-corrected chi connectivity index (χ3v) is 2.28. The lowest BCUT2D eigenvalue weighted by molar-refractivity contribution is -0.122. The van der Waals surface area contributed by atoms with E-state index in [1.165, 1.54) is 12.8 Å². The van der Waals surface area contributed by atoms with Gasteiger partial charge in [0.15, 0.2) is 0 Å². The number of carbonyl (C=O) groups excluding carboxylic acids is 1. The maximum absolute atomic E-state index is 10.9. The molecular weight excluding hydrogens is 114 g/mol. The van der Waals surface area contributed by atoms with E-state index in [9.17, 15) is 4.79 Å². The van der Waals surface area contributed by atoms with Crippen molar-refractivity contribution in [3.05, 3.63) is 0 Å². The van der Waals surface area contributed by atoms with E-state index in [2.05, 4.69) is 5.32 Å². The van der Waals surface area contributed by atoms with Crippen LogP contribution in [-0.2, 0) is 4.79 Å². The molecular formula is C7H11NO. The summed E-state index contributed by atoms with van der Waals surface area (Å²) in [6, 6.07) is 0. The highest BCUT2D eigenvalue weighted by atomic mass is 16.2. The van der Waals surface area contributed by atoms with Gasteiger partial charge in [-0.05, 0) is 25.2 Å². The molecule has 0 bridgehead atoms. The Labute approximate surface area is 54.6 Å². The number of rotatable bonds is 1. The molecule has 1 heterocycles. The van der Waals surface area contributed by atoms with Crippen molar-refractivity contribution in [1.29, 1.82) is 0 Å². The molecule has 1 saturated carbocycles. The molecule has 2 aliphatic rings. The van der Waals surface area contributed by atoms with Crippen LogP contribution in [0.2, 0.25) is 0 Å². The molecule has 0 aromatic heterocycles. The summed E-state index contributed by atoms with van der Waals surface area (Å²) < 4.78 is 0. The van der Waals surface area contributed by atoms with E-state index in [-0.39, 0.29) is 0 Å². The Balaban J connectivity index is 2.01. The lowest BCUT2D eigenvalue weighted by Crippen LogP contribution is -2.19. The van der Waals surface area contributed by atoms with Gasteiger partial charge in [-0.1, -0.05) is 0 Å². The second-order valence-electron chi connectivity index (χ2n) is 3.02. The highest BCUT2D eigenvalue weighted by molar-refractivity contribution is 5.81. The second-order valence-corrected chi connectivity index (χ2v) is 3.02. The van der Waals surface area contributed by atoms with E-state index < -0.39 is 0 Å². The van der Waals surface area contributed by atoms with Gasteiger partial charge in [-0.25, -0.2) is 0 Å². The van der Waals surface area contributed by atoms with Gasteiger partial charge in [0.25, 0.3) is 0 Å². The largest absolute Gasteiger partial charge is 0.356 e. The van der Waals surface area contributed by atoms with Gasteiger partial charge in [0.1, 0.15) is 0 Å². The third kappa shape index (κ3) is 0.824. The maximum Gasteiger partial charge on any atom is 0.223 e. The number of carbonyl (C=O) groups is 1. The smallest absolute Gasteiger partial charge is 0.223 e. The molecule has 0 aromatic carbocycles. The molecule has 0 aromatic rings. The predicted molar refractivity (Wildman–Crippen MR) is 33.8 cm³/mol. The summed E-state index contributed by atoms with van der Waals surface area (Å²) in [6.07, 6.45) is 3.67. The lowest BCUT2D eigenvalue weighted by atomic mass is 10.0. The maximum atomic E-state index is 10.9. The topological polar surface area (TPSA) is 29.1 Å². The van der Waals surface area contributed by atoms with Crippen molar-refractivity contribution in [3.63, 3.8) is 0 Å². The van der Waals surface area contributed by atoms with Crippen molar-refractivity contribution in [2.75, 3.05) is 6.54 Å². The van der Waals surface area contributed by atoms with Gasteiger partial charge in [0, 0.05) is 12.5 Å². The van der Waals surface area contributed by atoms with E-state index in [0.717, 1.165) is 18.9 Å². The predicted octanol–water partition coefficient (Wildman–Crippen LogP) is 0.532. The molecule has 1 amide bonds. The van der Waals surface area contributed by atoms with E-state index in [1.807, 2.05) is 0 Å². The van der Waals surface area contributed by atoms with Gasteiger partial charge < -0.3 is 5.32 Å². The first-order valence-electron chi connectivity index (χ1n) is 3.65. The van der Waals surface area contributed by atoms with E-state index >= 15 is 0 Å². The monoisotopic (exact) mass is 125 g/mol. The quantitative estimate of drug-likeness (QED) is 0.544. The minimum Gasteiger partial charge on any atom is -0.356 e. The molecule has 2 nitrogen and oxygen atoms in total. The molecule has 1 unspecified atom stereocenters. The molecule has 1 atom stereocenters. The normalized spacial score (nSPS) is 34.7. The molecule has 9 heavy (non-hydrogen) atoms. The van der Waals surface area contributed by atoms with Crippen molar-refractivity contribution < 1.29 is 4.79 Å². The lowest BCUT2D eigenvalue weighted by Gasteiger charge is -2.00. The van der Waals surface area contributed by atoms with Crippen molar-refractivity contribution in [1.82, 2.24) is 5.32 Å². The minimum absolute atomic E-state index is 0.303. The Hall–Kier alpha value is -0.530. The van der Waals surface area contributed by atoms with Gasteiger partial charge in [-0.2, -0.15) is 0 Å². The SMILES string of the molecule is O=C1NCCC1C1CC1. The zero-order valence-electron chi connectivity index (χ0n) is 5.39. The summed E-state index contributed by atoms with van der Waals surface area (Å²) in [5, 5.41) is 2.85. The average molecular weight is 125 g/mol. The van der Waals surface area contributed by atoms with Gasteiger partial charge in [-0.15, -0.1) is 0 Å². The Morgan fingerprint density at radius 2 is 2.11 bits per heavy atom. The number of hydrogen-bond acceptors (Lipinski definition) is 1. The molecule has 2 fully saturated rings. The zero-order valence-corrected chi connectivity index (χ0v) is 5.39. The first-order chi connectivity index (χ1) is 4.38. The molecule has 2 heteroatoms. The van der Waals surface area contributed by atoms with Crippen molar-refractivity contribution in [3.8, 4) is 0 Å². The molecule has 1 aliphatic heterocycles. The summed E-state index contributed by atoms with van der Waals surface area (Å²) >= 11 is 0. The fourth-order valence-electron chi connectivity index (χ4n) is 1.56. The fraction of sp³-hybridized carbons (Fsp3) is 0.857. The molecule has 1 aliphatic carbocycles. The van der Waals surface area contributed by atoms with Crippen LogP contribution in [0.25, 0.3) is 0 Å². The Bertz CT molecular complexity index is 140. The van der Waals surface area contributed by atoms with E-state index in [1.54, 1.807) is 0 Å². The fourth-order valence-corrected chi connectivity index (χ4v) is 1.56. The van der Waals surface area contributed by atoms with Crippen molar-refractivity contribution in [2.24, 2.45) is 11.8 Å². The first kappa shape index (κ1) is 5.27. The minimum atomic E-state index is 0.303. The summed E-state index contributed by atoms with van der Waals surface area (Å²) in [5.41, 5.74) is 0. The Kier molecular flexibility index (Phi) is 1.01. The molecule has 50 valence electrons. The van der Waals surface area contributed by atoms with Gasteiger partial charge in [-0.3, -0.25) is 4.79 Å². The highest BCUT2D eigenvalue weighted by Crippen LogP contribution is 2.39. The molecule has 1 saturated heterocycles. The number of nitrogens with one attached hydrogen (secondary N) is 1. The number of hydrogen-bond donors (Lipinski definition) is 1. The van der Waals surface area contributed by atoms with Crippen LogP contribution in [0, 0.1) is 11.8 Å². The van der Waals surface area contributed by atoms with Crippen LogP contribution in [0.5, 0.6) is 0 Å².